The predicted octanol–water partition coefficient (Wildman–Crippen LogP) is 5.04. The Hall–Kier alpha value is -6.55. The van der Waals surface area contributed by atoms with Gasteiger partial charge < -0.3 is 35.8 Å². The molecule has 1 aliphatic heterocycles. The highest BCUT2D eigenvalue weighted by molar-refractivity contribution is 7.86. The number of rotatable bonds is 30. The van der Waals surface area contributed by atoms with Crippen LogP contribution in [0, 0.1) is 23.5 Å². The summed E-state index contributed by atoms with van der Waals surface area (Å²) in [6.07, 6.45) is 2.93. The van der Waals surface area contributed by atoms with Gasteiger partial charge in [0.15, 0.2) is 17.3 Å². The Morgan fingerprint density at radius 2 is 1.29 bits per heavy atom. The Bertz CT molecular complexity index is 2920. The molecule has 5 aromatic rings. The predicted molar refractivity (Wildman–Crippen MR) is 292 cm³/mol. The Morgan fingerprint density at radius 1 is 0.734 bits per heavy atom. The van der Waals surface area contributed by atoms with Crippen molar-refractivity contribution in [1.82, 2.24) is 40.9 Å². The molecule has 426 valence electrons. The molecule has 2 unspecified atom stereocenters. The summed E-state index contributed by atoms with van der Waals surface area (Å²) in [6, 6.07) is 24.4. The molecule has 23 heteroatoms. The number of halogens is 2. The van der Waals surface area contributed by atoms with Crippen LogP contribution in [0.4, 0.5) is 8.78 Å². The van der Waals surface area contributed by atoms with Crippen LogP contribution in [0.1, 0.15) is 76.3 Å². The fourth-order valence-electron chi connectivity index (χ4n) is 8.59. The first-order valence-electron chi connectivity index (χ1n) is 26.2. The Morgan fingerprint density at radius 3 is 1.92 bits per heavy atom. The molecule has 1 aliphatic rings. The average Bonchev–Trinajstić information content (AvgIpc) is 3.89. The highest BCUT2D eigenvalue weighted by atomic mass is 32.2. The van der Waals surface area contributed by atoms with Crippen molar-refractivity contribution in [2.24, 2.45) is 11.8 Å². The third-order valence-electron chi connectivity index (χ3n) is 12.8. The van der Waals surface area contributed by atoms with Crippen LogP contribution in [0.25, 0.3) is 0 Å². The zero-order chi connectivity index (χ0) is 57.1. The Balaban J connectivity index is 1.12. The van der Waals surface area contributed by atoms with E-state index in [0.717, 1.165) is 24.1 Å². The number of ketones is 1. The third-order valence-corrected chi connectivity index (χ3v) is 15.2. The number of carbonyl (C=O) groups is 5. The van der Waals surface area contributed by atoms with Gasteiger partial charge in [0.25, 0.3) is 10.1 Å². The number of hydrogen-bond acceptors (Lipinski definition) is 14. The van der Waals surface area contributed by atoms with Gasteiger partial charge in [-0.2, -0.15) is 12.8 Å². The minimum absolute atomic E-state index is 0.0454. The zero-order valence-electron chi connectivity index (χ0n) is 45.0. The molecule has 2 heterocycles. The summed E-state index contributed by atoms with van der Waals surface area (Å²) in [4.78, 5) is 71.3. The minimum Gasteiger partial charge on any atom is -0.484 e. The van der Waals surface area contributed by atoms with Gasteiger partial charge in [0.05, 0.1) is 32.0 Å². The monoisotopic (exact) mass is 1130 g/mol. The fourth-order valence-corrected chi connectivity index (χ4v) is 10.6. The summed E-state index contributed by atoms with van der Waals surface area (Å²) in [7, 11) is -4.97. The van der Waals surface area contributed by atoms with Gasteiger partial charge in [0, 0.05) is 34.4 Å². The second-order valence-corrected chi connectivity index (χ2v) is 23.2. The molecular formula is C56H71F2N8O11PS. The first kappa shape index (κ1) is 61.7. The van der Waals surface area contributed by atoms with Crippen molar-refractivity contribution in [3.8, 4) is 5.75 Å². The molecule has 0 spiro atoms. The number of amides is 4. The molecule has 1 saturated heterocycles. The first-order chi connectivity index (χ1) is 37.7. The lowest BCUT2D eigenvalue weighted by molar-refractivity contribution is -0.143. The van der Waals surface area contributed by atoms with E-state index in [2.05, 4.69) is 31.6 Å². The highest BCUT2D eigenvalue weighted by Crippen LogP contribution is 2.29. The van der Waals surface area contributed by atoms with Crippen molar-refractivity contribution in [3.63, 3.8) is 0 Å². The van der Waals surface area contributed by atoms with E-state index in [1.165, 1.54) is 0 Å². The van der Waals surface area contributed by atoms with Gasteiger partial charge in [0.2, 0.25) is 29.4 Å². The van der Waals surface area contributed by atoms with Crippen LogP contribution < -0.4 is 26.0 Å². The second-order valence-electron chi connectivity index (χ2n) is 20.5. The van der Waals surface area contributed by atoms with Crippen molar-refractivity contribution in [2.75, 3.05) is 39.5 Å². The van der Waals surface area contributed by atoms with Crippen LogP contribution >= 0.6 is 8.73 Å². The van der Waals surface area contributed by atoms with E-state index in [1.807, 2.05) is 79.4 Å². The lowest BCUT2D eigenvalue weighted by atomic mass is 9.90. The number of Topliss-reactive ketones (excluding diaryl/α,β-unsaturated/α-hetero) is 1. The van der Waals surface area contributed by atoms with Crippen LogP contribution in [-0.4, -0.2) is 132 Å². The topological polar surface area (TPSA) is 249 Å². The highest BCUT2D eigenvalue weighted by Gasteiger charge is 2.41. The first-order valence-corrected chi connectivity index (χ1v) is 28.8. The van der Waals surface area contributed by atoms with Crippen molar-refractivity contribution in [3.05, 3.63) is 143 Å². The molecule has 0 saturated carbocycles. The Kier molecular flexibility index (Phi) is 23.1. The molecule has 0 radical (unpaired) electrons. The van der Waals surface area contributed by atoms with Crippen LogP contribution in [0.2, 0.25) is 0 Å². The van der Waals surface area contributed by atoms with E-state index in [1.54, 1.807) is 54.8 Å². The molecule has 0 bridgehead atoms. The maximum atomic E-state index is 15.5. The molecule has 4 aromatic carbocycles. The van der Waals surface area contributed by atoms with Gasteiger partial charge in [-0.05, 0) is 73.3 Å². The van der Waals surface area contributed by atoms with E-state index < -0.39 is 92.3 Å². The molecule has 6 atom stereocenters. The number of nitrogens with zero attached hydrogens (tertiary/aromatic N) is 4. The fraction of sp³-hybridized carbons (Fsp3) is 0.446. The van der Waals surface area contributed by atoms with Gasteiger partial charge in [-0.1, -0.05) is 124 Å². The van der Waals surface area contributed by atoms with Crippen LogP contribution in [0.15, 0.2) is 114 Å². The largest absolute Gasteiger partial charge is 0.484 e. The summed E-state index contributed by atoms with van der Waals surface area (Å²) in [6.45, 7) is 8.66. The van der Waals surface area contributed by atoms with Crippen LogP contribution in [0.3, 0.4) is 0 Å². The summed E-state index contributed by atoms with van der Waals surface area (Å²) >= 11 is 0. The Labute approximate surface area is 461 Å². The normalized spacial score (nSPS) is 15.5. The molecule has 79 heavy (non-hydrogen) atoms. The van der Waals surface area contributed by atoms with Gasteiger partial charge in [0.1, 0.15) is 47.5 Å². The molecule has 1 fully saturated rings. The van der Waals surface area contributed by atoms with Gasteiger partial charge >= 0.3 is 0 Å². The molecule has 5 N–H and O–H groups in total. The lowest BCUT2D eigenvalue weighted by Gasteiger charge is -2.30. The smallest absolute Gasteiger partial charge is 0.300 e. The maximum Gasteiger partial charge on any atom is 0.300 e. The SMILES string of the molecule is CC(C)C[C@H](NC(=O)[C@H](CCc1ccccc1)NC(=O)CN1CCOCC1)C(=O)N[C@@H](Cc1ccccc1)C(=O)N[C@@H](CC(C)C)C(=O)C(C)(O)COS(=O)(=O)c1ccc(OCc2cn(PCc3ccccc3)nn2)c(F)c1F. The molecular weight excluding hydrogens is 1060 g/mol. The number of carbonyl (C=O) groups excluding carboxylic acids is 5. The molecule has 4 amide bonds. The zero-order valence-corrected chi connectivity index (χ0v) is 46.8. The second kappa shape index (κ2) is 29.6. The van der Waals surface area contributed by atoms with Crippen molar-refractivity contribution in [1.29, 1.82) is 0 Å². The summed E-state index contributed by atoms with van der Waals surface area (Å²) in [5, 5.41) is 30.7. The summed E-state index contributed by atoms with van der Waals surface area (Å²) < 4.78 is 75.0. The minimum atomic E-state index is -5.18. The van der Waals surface area contributed by atoms with E-state index in [4.69, 9.17) is 13.7 Å². The number of aliphatic hydroxyl groups is 1. The van der Waals surface area contributed by atoms with E-state index >= 15 is 8.78 Å². The van der Waals surface area contributed by atoms with Crippen molar-refractivity contribution < 1.29 is 59.9 Å². The number of hydrogen-bond donors (Lipinski definition) is 5. The van der Waals surface area contributed by atoms with Gasteiger partial charge in [-0.15, -0.1) is 5.10 Å². The number of ether oxygens (including phenoxy) is 2. The third kappa shape index (κ3) is 19.4. The van der Waals surface area contributed by atoms with Crippen LogP contribution in [-0.2, 0) is 68.6 Å². The summed E-state index contributed by atoms with van der Waals surface area (Å²) in [5.74, 6) is -8.17. The van der Waals surface area contributed by atoms with Gasteiger partial charge in [-0.25, -0.2) is 8.84 Å². The van der Waals surface area contributed by atoms with Crippen LogP contribution in [0.5, 0.6) is 5.75 Å². The van der Waals surface area contributed by atoms with E-state index in [-0.39, 0.29) is 65.3 Å². The number of nitrogens with one attached hydrogen (secondary N) is 4. The lowest BCUT2D eigenvalue weighted by Crippen LogP contribution is -2.60. The molecule has 0 aliphatic carbocycles. The molecule has 6 rings (SSSR count). The standard InChI is InChI=1S/C56H71F2N8O11PS/c1-37(2)29-44(52(68)56(5,72)36-77-79(73,74)48-24-23-47(50(57)51(48)58)76-34-42-32-66(64-63-42)78-35-41-19-13-8-14-20-41)60-55(71)46(31-40-17-11-7-12-18-40)62-54(70)45(30-38(3)4)61-53(69)43(22-21-39-15-9-6-10-16-39)59-49(67)33-65-25-27-75-28-26-65/h6-20,23-24,32,37-38,43-46,72,78H,21-22,25-31,33-36H2,1-5H3,(H,59,67)(H,60,71)(H,61,69)(H,62,70)/t43-,44-,45-,46-,56?/m0/s1. The maximum absolute atomic E-state index is 15.5. The van der Waals surface area contributed by atoms with E-state index in [0.29, 0.717) is 56.2 Å². The van der Waals surface area contributed by atoms with E-state index in [9.17, 15) is 37.5 Å². The quantitative estimate of drug-likeness (QED) is 0.0299. The number of morpholine rings is 1. The number of benzene rings is 4. The number of aromatic nitrogens is 3. The molecule has 1 aromatic heterocycles. The molecule has 19 nitrogen and oxygen atoms in total. The van der Waals surface area contributed by atoms with Crippen molar-refractivity contribution >= 4 is 48.3 Å². The van der Waals surface area contributed by atoms with Crippen molar-refractivity contribution in [2.45, 2.75) is 114 Å². The van der Waals surface area contributed by atoms with Gasteiger partial charge in [-0.3, -0.25) is 33.1 Å². The number of aryl methyl sites for hydroxylation is 1. The summed E-state index contributed by atoms with van der Waals surface area (Å²) in [5.41, 5.74) is 0.310. The average molecular weight is 1130 g/mol.